The van der Waals surface area contributed by atoms with E-state index in [1.54, 1.807) is 0 Å². The molecule has 1 N–H and O–H groups in total. The molecule has 1 aliphatic carbocycles. The Morgan fingerprint density at radius 1 is 1.06 bits per heavy atom. The molecule has 2 heterocycles. The van der Waals surface area contributed by atoms with Crippen molar-refractivity contribution >= 4 is 27.7 Å². The molecule has 2 aromatic carbocycles. The Morgan fingerprint density at radius 2 is 1.74 bits per heavy atom. The molecule has 0 bridgehead atoms. The molecule has 5 rings (SSSR count). The van der Waals surface area contributed by atoms with E-state index in [0.717, 1.165) is 63.0 Å². The molecule has 0 saturated heterocycles. The standard InChI is InChI=1S/C29H30BrN3O2/c1-19-17-23(30)26-31-24(25(33(26)18-19)21-9-6-5-7-10-21)20-11-13-22(14-12-20)29(15-8-16-29)32-27(34)35-28(2,3)4/h5-7,9-14,17-18H,8,15-16H2,1-4H3,(H,32,34). The second kappa shape index (κ2) is 8.83. The molecule has 1 saturated carbocycles. The maximum absolute atomic E-state index is 12.5. The van der Waals surface area contributed by atoms with E-state index in [0.29, 0.717) is 0 Å². The summed E-state index contributed by atoms with van der Waals surface area (Å²) in [5, 5.41) is 3.15. The van der Waals surface area contributed by atoms with Crippen LogP contribution in [-0.4, -0.2) is 21.1 Å². The van der Waals surface area contributed by atoms with Gasteiger partial charge in [0.15, 0.2) is 5.65 Å². The molecule has 180 valence electrons. The average molecular weight is 532 g/mol. The number of imidazole rings is 1. The fourth-order valence-corrected chi connectivity index (χ4v) is 5.41. The topological polar surface area (TPSA) is 55.6 Å². The monoisotopic (exact) mass is 531 g/mol. The molecule has 35 heavy (non-hydrogen) atoms. The number of fused-ring (bicyclic) bond motifs is 1. The molecule has 0 unspecified atom stereocenters. The Hall–Kier alpha value is -3.12. The van der Waals surface area contributed by atoms with E-state index in [-0.39, 0.29) is 11.6 Å². The van der Waals surface area contributed by atoms with Gasteiger partial charge in [-0.3, -0.25) is 4.40 Å². The molecule has 4 aromatic rings. The molecular formula is C29H30BrN3O2. The molecule has 0 aliphatic heterocycles. The van der Waals surface area contributed by atoms with Crippen molar-refractivity contribution in [2.24, 2.45) is 0 Å². The fourth-order valence-electron chi connectivity index (χ4n) is 4.77. The van der Waals surface area contributed by atoms with E-state index in [1.165, 1.54) is 0 Å². The van der Waals surface area contributed by atoms with Crippen LogP contribution in [0, 0.1) is 6.92 Å². The summed E-state index contributed by atoms with van der Waals surface area (Å²) in [5.41, 5.74) is 6.37. The van der Waals surface area contributed by atoms with Gasteiger partial charge in [-0.05, 0) is 80.1 Å². The number of rotatable bonds is 4. The smallest absolute Gasteiger partial charge is 0.408 e. The zero-order valence-electron chi connectivity index (χ0n) is 20.6. The Bertz CT molecular complexity index is 1380. The third-order valence-corrected chi connectivity index (χ3v) is 7.10. The maximum atomic E-state index is 12.5. The number of aromatic nitrogens is 2. The Labute approximate surface area is 214 Å². The highest BCUT2D eigenvalue weighted by molar-refractivity contribution is 9.10. The number of hydrogen-bond acceptors (Lipinski definition) is 3. The maximum Gasteiger partial charge on any atom is 0.408 e. The first kappa shape index (κ1) is 23.6. The minimum Gasteiger partial charge on any atom is -0.444 e. The molecular weight excluding hydrogens is 502 g/mol. The van der Waals surface area contributed by atoms with Gasteiger partial charge in [0.2, 0.25) is 0 Å². The largest absolute Gasteiger partial charge is 0.444 e. The van der Waals surface area contributed by atoms with Crippen LogP contribution >= 0.6 is 15.9 Å². The zero-order valence-corrected chi connectivity index (χ0v) is 22.1. The van der Waals surface area contributed by atoms with Gasteiger partial charge >= 0.3 is 6.09 Å². The van der Waals surface area contributed by atoms with E-state index in [9.17, 15) is 4.79 Å². The first-order chi connectivity index (χ1) is 16.7. The molecule has 2 aromatic heterocycles. The summed E-state index contributed by atoms with van der Waals surface area (Å²) in [7, 11) is 0. The summed E-state index contributed by atoms with van der Waals surface area (Å²) in [5.74, 6) is 0. The lowest BCUT2D eigenvalue weighted by molar-refractivity contribution is 0.0377. The molecule has 1 amide bonds. The van der Waals surface area contributed by atoms with Crippen LogP contribution in [0.5, 0.6) is 0 Å². The lowest BCUT2D eigenvalue weighted by Crippen LogP contribution is -2.52. The van der Waals surface area contributed by atoms with Crippen LogP contribution in [0.1, 0.15) is 51.2 Å². The van der Waals surface area contributed by atoms with Crippen molar-refractivity contribution in [3.63, 3.8) is 0 Å². The van der Waals surface area contributed by atoms with Crippen LogP contribution in [0.15, 0.2) is 71.3 Å². The molecule has 1 fully saturated rings. The van der Waals surface area contributed by atoms with Crippen LogP contribution in [0.25, 0.3) is 28.2 Å². The van der Waals surface area contributed by atoms with Crippen LogP contribution in [0.4, 0.5) is 4.79 Å². The number of carbonyl (C=O) groups excluding carboxylic acids is 1. The zero-order chi connectivity index (χ0) is 24.8. The second-order valence-electron chi connectivity index (χ2n) is 10.4. The van der Waals surface area contributed by atoms with Crippen LogP contribution < -0.4 is 5.32 Å². The van der Waals surface area contributed by atoms with Crippen molar-refractivity contribution in [1.82, 2.24) is 14.7 Å². The van der Waals surface area contributed by atoms with Crippen molar-refractivity contribution in [3.8, 4) is 22.5 Å². The molecule has 0 atom stereocenters. The van der Waals surface area contributed by atoms with Crippen molar-refractivity contribution < 1.29 is 9.53 Å². The van der Waals surface area contributed by atoms with E-state index in [1.807, 2.05) is 26.8 Å². The number of benzene rings is 2. The third-order valence-electron chi connectivity index (χ3n) is 6.52. The van der Waals surface area contributed by atoms with Gasteiger partial charge in [-0.15, -0.1) is 0 Å². The number of amides is 1. The Morgan fingerprint density at radius 3 is 2.34 bits per heavy atom. The lowest BCUT2D eigenvalue weighted by Gasteiger charge is -2.43. The van der Waals surface area contributed by atoms with Crippen LogP contribution in [0.3, 0.4) is 0 Å². The minimum atomic E-state index is -0.525. The van der Waals surface area contributed by atoms with Crippen molar-refractivity contribution in [1.29, 1.82) is 0 Å². The number of hydrogen-bond donors (Lipinski definition) is 1. The normalized spacial score (nSPS) is 15.0. The molecule has 6 heteroatoms. The van der Waals surface area contributed by atoms with Gasteiger partial charge < -0.3 is 10.1 Å². The van der Waals surface area contributed by atoms with Crippen LogP contribution in [-0.2, 0) is 10.3 Å². The number of aryl methyl sites for hydroxylation is 1. The number of alkyl carbamates (subject to hydrolysis) is 1. The molecule has 1 aliphatic rings. The predicted octanol–water partition coefficient (Wildman–Crippen LogP) is 7.64. The second-order valence-corrected chi connectivity index (χ2v) is 11.2. The van der Waals surface area contributed by atoms with Gasteiger partial charge in [-0.1, -0.05) is 54.6 Å². The van der Waals surface area contributed by atoms with Gasteiger partial charge in [0.25, 0.3) is 0 Å². The summed E-state index contributed by atoms with van der Waals surface area (Å²) < 4.78 is 8.66. The lowest BCUT2D eigenvalue weighted by atomic mass is 9.71. The number of nitrogens with zero attached hydrogens (tertiary/aromatic N) is 2. The van der Waals surface area contributed by atoms with Crippen molar-refractivity contribution in [2.75, 3.05) is 0 Å². The third kappa shape index (κ3) is 4.59. The molecule has 5 nitrogen and oxygen atoms in total. The number of pyridine rings is 1. The van der Waals surface area contributed by atoms with E-state index < -0.39 is 5.60 Å². The van der Waals surface area contributed by atoms with E-state index in [2.05, 4.69) is 93.4 Å². The van der Waals surface area contributed by atoms with Crippen molar-refractivity contribution in [2.45, 2.75) is 58.1 Å². The quantitative estimate of drug-likeness (QED) is 0.294. The first-order valence-corrected chi connectivity index (χ1v) is 12.8. The minimum absolute atomic E-state index is 0.367. The Balaban J connectivity index is 1.54. The highest BCUT2D eigenvalue weighted by Crippen LogP contribution is 2.43. The van der Waals surface area contributed by atoms with Gasteiger partial charge in [-0.25, -0.2) is 9.78 Å². The van der Waals surface area contributed by atoms with Crippen molar-refractivity contribution in [3.05, 3.63) is 82.5 Å². The Kier molecular flexibility index (Phi) is 5.96. The molecule has 0 radical (unpaired) electrons. The SMILES string of the molecule is Cc1cc(Br)c2nc(-c3ccc(C4(NC(=O)OC(C)(C)C)CCC4)cc3)c(-c3ccccc3)n2c1. The average Bonchev–Trinajstić information content (AvgIpc) is 3.15. The number of halogens is 1. The van der Waals surface area contributed by atoms with Gasteiger partial charge in [0.05, 0.1) is 21.4 Å². The highest BCUT2D eigenvalue weighted by atomic mass is 79.9. The number of nitrogens with one attached hydrogen (secondary N) is 1. The number of carbonyl (C=O) groups is 1. The predicted molar refractivity (Wildman–Crippen MR) is 143 cm³/mol. The summed E-state index contributed by atoms with van der Waals surface area (Å²) in [6.45, 7) is 7.73. The van der Waals surface area contributed by atoms with E-state index in [4.69, 9.17) is 9.72 Å². The summed E-state index contributed by atoms with van der Waals surface area (Å²) in [4.78, 5) is 17.6. The number of ether oxygens (including phenoxy) is 1. The van der Waals surface area contributed by atoms with Gasteiger partial charge in [0.1, 0.15) is 5.60 Å². The summed E-state index contributed by atoms with van der Waals surface area (Å²) >= 11 is 3.70. The summed E-state index contributed by atoms with van der Waals surface area (Å²) in [6.07, 6.45) is 4.65. The van der Waals surface area contributed by atoms with Crippen LogP contribution in [0.2, 0.25) is 0 Å². The van der Waals surface area contributed by atoms with E-state index >= 15 is 0 Å². The van der Waals surface area contributed by atoms with Gasteiger partial charge in [0, 0.05) is 17.3 Å². The highest BCUT2D eigenvalue weighted by Gasteiger charge is 2.41. The fraction of sp³-hybridized carbons (Fsp3) is 0.310. The van der Waals surface area contributed by atoms with Gasteiger partial charge in [-0.2, -0.15) is 0 Å². The first-order valence-electron chi connectivity index (χ1n) is 12.0. The molecule has 0 spiro atoms. The summed E-state index contributed by atoms with van der Waals surface area (Å²) in [6, 6.07) is 20.9.